The van der Waals surface area contributed by atoms with Gasteiger partial charge in [0.15, 0.2) is 5.16 Å². The first-order valence-corrected chi connectivity index (χ1v) is 12.2. The molecule has 0 amide bonds. The number of thioether (sulfide) groups is 1. The van der Waals surface area contributed by atoms with E-state index in [2.05, 4.69) is 10.2 Å². The van der Waals surface area contributed by atoms with Crippen LogP contribution in [0.2, 0.25) is 0 Å². The van der Waals surface area contributed by atoms with Gasteiger partial charge in [-0.1, -0.05) is 23.9 Å². The molecule has 10 heteroatoms. The molecule has 0 atom stereocenters. The summed E-state index contributed by atoms with van der Waals surface area (Å²) in [6.07, 6.45) is 4.07. The zero-order valence-corrected chi connectivity index (χ0v) is 19.1. The van der Waals surface area contributed by atoms with E-state index in [1.807, 2.05) is 47.0 Å². The van der Waals surface area contributed by atoms with E-state index in [9.17, 15) is 4.79 Å². The van der Waals surface area contributed by atoms with E-state index in [4.69, 9.17) is 14.1 Å². The van der Waals surface area contributed by atoms with Crippen LogP contribution in [0.4, 0.5) is 0 Å². The van der Waals surface area contributed by atoms with Crippen molar-refractivity contribution in [1.82, 2.24) is 24.1 Å². The summed E-state index contributed by atoms with van der Waals surface area (Å²) >= 11 is 3.14. The number of ether oxygens (including phenoxy) is 1. The maximum atomic E-state index is 13.1. The van der Waals surface area contributed by atoms with Gasteiger partial charge in [-0.25, -0.2) is 4.98 Å². The molecular formula is C22H21N5O3S2. The molecule has 0 N–H and O–H groups in total. The van der Waals surface area contributed by atoms with Gasteiger partial charge in [0.05, 0.1) is 22.9 Å². The van der Waals surface area contributed by atoms with Gasteiger partial charge in [0, 0.05) is 36.5 Å². The Hall–Kier alpha value is -2.95. The molecule has 4 heterocycles. The van der Waals surface area contributed by atoms with Crippen LogP contribution < -0.4 is 5.56 Å². The molecule has 5 aromatic rings. The molecule has 5 rings (SSSR count). The van der Waals surface area contributed by atoms with Gasteiger partial charge in [0.25, 0.3) is 5.56 Å². The molecule has 0 radical (unpaired) electrons. The highest BCUT2D eigenvalue weighted by molar-refractivity contribution is 7.98. The van der Waals surface area contributed by atoms with Crippen molar-refractivity contribution in [3.05, 3.63) is 64.3 Å². The maximum Gasteiger partial charge on any atom is 0.262 e. The van der Waals surface area contributed by atoms with Crippen LogP contribution in [0, 0.1) is 0 Å². The number of rotatable bonds is 9. The summed E-state index contributed by atoms with van der Waals surface area (Å²) in [7, 11) is 0. The van der Waals surface area contributed by atoms with Gasteiger partial charge >= 0.3 is 0 Å². The Bertz CT molecular complexity index is 1400. The highest BCUT2D eigenvalue weighted by Gasteiger charge is 2.17. The van der Waals surface area contributed by atoms with Crippen molar-refractivity contribution in [3.63, 3.8) is 0 Å². The van der Waals surface area contributed by atoms with Gasteiger partial charge in [-0.15, -0.1) is 21.5 Å². The summed E-state index contributed by atoms with van der Waals surface area (Å²) < 4.78 is 14.3. The minimum atomic E-state index is -0.0576. The first kappa shape index (κ1) is 20.9. The molecule has 0 aliphatic heterocycles. The summed E-state index contributed by atoms with van der Waals surface area (Å²) in [4.78, 5) is 17.8. The molecule has 0 saturated carbocycles. The summed E-state index contributed by atoms with van der Waals surface area (Å²) in [5, 5.41) is 13.1. The second kappa shape index (κ2) is 9.27. The second-order valence-electron chi connectivity index (χ2n) is 7.09. The molecule has 0 aliphatic rings. The van der Waals surface area contributed by atoms with Crippen LogP contribution in [0.25, 0.3) is 27.3 Å². The number of hydrogen-bond donors (Lipinski definition) is 0. The fourth-order valence-electron chi connectivity index (χ4n) is 3.53. The second-order valence-corrected chi connectivity index (χ2v) is 8.89. The average molecular weight is 468 g/mol. The van der Waals surface area contributed by atoms with Gasteiger partial charge in [-0.05, 0) is 31.5 Å². The Morgan fingerprint density at radius 1 is 1.22 bits per heavy atom. The summed E-state index contributed by atoms with van der Waals surface area (Å²) in [5.74, 6) is 1.19. The Labute approximate surface area is 191 Å². The van der Waals surface area contributed by atoms with Crippen molar-refractivity contribution >= 4 is 39.8 Å². The first-order chi connectivity index (χ1) is 15.8. The Morgan fingerprint density at radius 2 is 2.12 bits per heavy atom. The van der Waals surface area contributed by atoms with Crippen molar-refractivity contribution in [2.24, 2.45) is 0 Å². The van der Waals surface area contributed by atoms with E-state index in [-0.39, 0.29) is 5.56 Å². The molecule has 32 heavy (non-hydrogen) atoms. The fourth-order valence-corrected chi connectivity index (χ4v) is 5.27. The van der Waals surface area contributed by atoms with E-state index in [1.54, 1.807) is 40.2 Å². The standard InChI is InChI=1S/C22H21N5O3S2/c1-2-29-10-5-9-26-20(28)17-6-3-4-7-18(17)27-21(26)24-25-22(27)32-14-16-13-31-19(23-16)15-8-11-30-12-15/h3-4,6-8,11-13H,2,5,9-10,14H2,1H3. The van der Waals surface area contributed by atoms with Crippen LogP contribution in [-0.2, 0) is 17.0 Å². The van der Waals surface area contributed by atoms with Gasteiger partial charge in [-0.2, -0.15) is 0 Å². The smallest absolute Gasteiger partial charge is 0.262 e. The number of para-hydroxylation sites is 1. The van der Waals surface area contributed by atoms with E-state index >= 15 is 0 Å². The molecule has 4 aromatic heterocycles. The molecule has 0 spiro atoms. The lowest BCUT2D eigenvalue weighted by Crippen LogP contribution is -2.24. The van der Waals surface area contributed by atoms with Crippen LogP contribution >= 0.6 is 23.1 Å². The van der Waals surface area contributed by atoms with E-state index in [1.165, 1.54) is 0 Å². The highest BCUT2D eigenvalue weighted by Crippen LogP contribution is 2.28. The monoisotopic (exact) mass is 467 g/mol. The molecule has 8 nitrogen and oxygen atoms in total. The quantitative estimate of drug-likeness (QED) is 0.233. The SMILES string of the molecule is CCOCCCn1c(=O)c2ccccc2n2c(SCc3csc(-c4ccoc4)n3)nnc12. The highest BCUT2D eigenvalue weighted by atomic mass is 32.2. The minimum Gasteiger partial charge on any atom is -0.472 e. The largest absolute Gasteiger partial charge is 0.472 e. The van der Waals surface area contributed by atoms with Crippen LogP contribution in [0.1, 0.15) is 19.0 Å². The van der Waals surface area contributed by atoms with Crippen molar-refractivity contribution in [3.8, 4) is 10.6 Å². The van der Waals surface area contributed by atoms with Crippen LogP contribution in [-0.4, -0.2) is 37.4 Å². The lowest BCUT2D eigenvalue weighted by Gasteiger charge is -2.11. The molecule has 0 aliphatic carbocycles. The summed E-state index contributed by atoms with van der Waals surface area (Å²) in [6, 6.07) is 9.49. The van der Waals surface area contributed by atoms with Crippen LogP contribution in [0.5, 0.6) is 0 Å². The predicted octanol–water partition coefficient (Wildman–Crippen LogP) is 4.48. The number of benzene rings is 1. The lowest BCUT2D eigenvalue weighted by atomic mass is 10.2. The van der Waals surface area contributed by atoms with Crippen LogP contribution in [0.3, 0.4) is 0 Å². The maximum absolute atomic E-state index is 13.1. The molecule has 0 unspecified atom stereocenters. The van der Waals surface area contributed by atoms with Gasteiger partial charge in [0.2, 0.25) is 5.78 Å². The number of aryl methyl sites for hydroxylation is 1. The lowest BCUT2D eigenvalue weighted by molar-refractivity contribution is 0.141. The van der Waals surface area contributed by atoms with E-state index in [0.29, 0.717) is 36.7 Å². The minimum absolute atomic E-state index is 0.0576. The van der Waals surface area contributed by atoms with Crippen molar-refractivity contribution < 1.29 is 9.15 Å². The number of furan rings is 1. The number of aromatic nitrogens is 5. The third-order valence-electron chi connectivity index (χ3n) is 5.02. The predicted molar refractivity (Wildman–Crippen MR) is 125 cm³/mol. The summed E-state index contributed by atoms with van der Waals surface area (Å²) in [5.41, 5.74) is 2.68. The van der Waals surface area contributed by atoms with E-state index in [0.717, 1.165) is 33.4 Å². The molecule has 1 aromatic carbocycles. The van der Waals surface area contributed by atoms with Crippen LogP contribution in [0.15, 0.2) is 62.6 Å². The zero-order chi connectivity index (χ0) is 21.9. The third kappa shape index (κ3) is 3.96. The number of fused-ring (bicyclic) bond motifs is 3. The van der Waals surface area contributed by atoms with Gasteiger partial charge in [0.1, 0.15) is 11.3 Å². The van der Waals surface area contributed by atoms with Crippen molar-refractivity contribution in [1.29, 1.82) is 0 Å². The van der Waals surface area contributed by atoms with Gasteiger partial charge < -0.3 is 9.15 Å². The third-order valence-corrected chi connectivity index (χ3v) is 6.92. The summed E-state index contributed by atoms with van der Waals surface area (Å²) in [6.45, 7) is 3.74. The molecule has 0 fully saturated rings. The topological polar surface area (TPSA) is 87.5 Å². The number of nitrogens with zero attached hydrogens (tertiary/aromatic N) is 5. The number of hydrogen-bond acceptors (Lipinski definition) is 8. The number of thiazole rings is 1. The Balaban J connectivity index is 1.47. The van der Waals surface area contributed by atoms with E-state index < -0.39 is 0 Å². The zero-order valence-electron chi connectivity index (χ0n) is 17.4. The fraction of sp³-hybridized carbons (Fsp3) is 0.273. The van der Waals surface area contributed by atoms with Crippen molar-refractivity contribution in [2.75, 3.05) is 13.2 Å². The molecule has 0 bridgehead atoms. The van der Waals surface area contributed by atoms with Crippen molar-refractivity contribution in [2.45, 2.75) is 30.8 Å². The Morgan fingerprint density at radius 3 is 2.97 bits per heavy atom. The molecular weight excluding hydrogens is 446 g/mol. The first-order valence-electron chi connectivity index (χ1n) is 10.3. The molecule has 164 valence electrons. The molecule has 0 saturated heterocycles. The average Bonchev–Trinajstić information content (AvgIpc) is 3.58. The Kier molecular flexibility index (Phi) is 6.06. The normalized spacial score (nSPS) is 11.7. The van der Waals surface area contributed by atoms with Gasteiger partial charge in [-0.3, -0.25) is 13.8 Å².